The average molecular weight is 451 g/mol. The molecule has 2 bridgehead atoms. The monoisotopic (exact) mass is 450 g/mol. The van der Waals surface area contributed by atoms with E-state index in [1.165, 1.54) is 18.2 Å². The van der Waals surface area contributed by atoms with Gasteiger partial charge >= 0.3 is 6.18 Å². The van der Waals surface area contributed by atoms with Gasteiger partial charge in [-0.05, 0) is 18.2 Å². The van der Waals surface area contributed by atoms with Crippen molar-refractivity contribution in [2.45, 2.75) is 35.4 Å². The number of alkyl halides is 3. The number of ketones is 1. The maximum atomic E-state index is 13.4. The molecule has 0 aliphatic carbocycles. The number of halogens is 5. The summed E-state index contributed by atoms with van der Waals surface area (Å²) >= 11 is 12.8. The molecule has 2 aliphatic rings. The van der Waals surface area contributed by atoms with Gasteiger partial charge in [-0.2, -0.15) is 13.2 Å². The zero-order chi connectivity index (χ0) is 20.1. The van der Waals surface area contributed by atoms with Crippen LogP contribution in [0, 0.1) is 0 Å². The summed E-state index contributed by atoms with van der Waals surface area (Å²) in [5.74, 6) is -0.247. The fraction of sp³-hybridized carbons (Fsp3) is 0.353. The molecule has 0 spiro atoms. The number of nitrogens with zero attached hydrogens (tertiary/aromatic N) is 2. The second-order valence-corrected chi connectivity index (χ2v) is 8.23. The molecular formula is C17H11Cl2F3N2O3S. The highest BCUT2D eigenvalue weighted by molar-refractivity contribution is 7.99. The standard InChI is InChI=1S/C17H11Cl2F3N2O3S/c18-8-2-1-7(3-9(8)19)10-4-14(17(20,21)22)24-16(23-10)28-13-5-11(25)15-26-6-12(13)27-15/h1-4,12-13,15H,5-6H2. The molecule has 5 nitrogen and oxygen atoms in total. The first-order valence-corrected chi connectivity index (χ1v) is 9.72. The summed E-state index contributed by atoms with van der Waals surface area (Å²) in [6.07, 6.45) is -5.83. The number of rotatable bonds is 3. The molecule has 1 aromatic heterocycles. The Bertz CT molecular complexity index is 944. The molecule has 1 aromatic carbocycles. The number of carbonyl (C=O) groups excluding carboxylic acids is 1. The van der Waals surface area contributed by atoms with Crippen LogP contribution in [-0.2, 0) is 20.4 Å². The lowest BCUT2D eigenvalue weighted by Gasteiger charge is -2.25. The van der Waals surface area contributed by atoms with Gasteiger partial charge in [0.15, 0.2) is 10.9 Å². The third kappa shape index (κ3) is 3.99. The molecule has 0 N–H and O–H groups in total. The van der Waals surface area contributed by atoms with Crippen LogP contribution >= 0.6 is 35.0 Å². The van der Waals surface area contributed by atoms with E-state index in [9.17, 15) is 18.0 Å². The van der Waals surface area contributed by atoms with Crippen molar-refractivity contribution in [1.29, 1.82) is 0 Å². The minimum absolute atomic E-state index is 0.0481. The third-order valence-electron chi connectivity index (χ3n) is 4.26. The van der Waals surface area contributed by atoms with Crippen LogP contribution in [0.25, 0.3) is 11.3 Å². The van der Waals surface area contributed by atoms with Gasteiger partial charge < -0.3 is 9.47 Å². The molecule has 11 heteroatoms. The predicted octanol–water partition coefficient (Wildman–Crippen LogP) is 4.64. The van der Waals surface area contributed by atoms with Crippen LogP contribution in [0.15, 0.2) is 29.4 Å². The van der Waals surface area contributed by atoms with Gasteiger partial charge in [0.05, 0.1) is 28.5 Å². The predicted molar refractivity (Wildman–Crippen MR) is 96.4 cm³/mol. The molecule has 2 fully saturated rings. The van der Waals surface area contributed by atoms with Crippen molar-refractivity contribution in [3.8, 4) is 11.3 Å². The van der Waals surface area contributed by atoms with Crippen molar-refractivity contribution >= 4 is 40.7 Å². The fourth-order valence-corrected chi connectivity index (χ4v) is 4.30. The second kappa shape index (κ2) is 7.46. The molecule has 2 aromatic rings. The van der Waals surface area contributed by atoms with E-state index in [4.69, 9.17) is 32.7 Å². The molecule has 3 atom stereocenters. The number of benzene rings is 1. The third-order valence-corrected chi connectivity index (χ3v) is 6.16. The van der Waals surface area contributed by atoms with Crippen LogP contribution in [0.2, 0.25) is 10.0 Å². The second-order valence-electron chi connectivity index (χ2n) is 6.21. The van der Waals surface area contributed by atoms with Crippen LogP contribution < -0.4 is 0 Å². The molecule has 0 radical (unpaired) electrons. The largest absolute Gasteiger partial charge is 0.433 e. The van der Waals surface area contributed by atoms with E-state index >= 15 is 0 Å². The minimum Gasteiger partial charge on any atom is -0.343 e. The van der Waals surface area contributed by atoms with Gasteiger partial charge in [-0.15, -0.1) is 0 Å². The Kier molecular flexibility index (Phi) is 5.30. The zero-order valence-corrected chi connectivity index (χ0v) is 16.2. The summed E-state index contributed by atoms with van der Waals surface area (Å²) in [6, 6.07) is 5.28. The van der Waals surface area contributed by atoms with E-state index in [-0.39, 0.29) is 39.7 Å². The average Bonchev–Trinajstić information content (AvgIpc) is 3.07. The smallest absolute Gasteiger partial charge is 0.343 e. The summed E-state index contributed by atoms with van der Waals surface area (Å²) in [5, 5.41) is -0.0706. The van der Waals surface area contributed by atoms with Gasteiger partial charge in [0, 0.05) is 17.2 Å². The summed E-state index contributed by atoms with van der Waals surface area (Å²) in [5.41, 5.74) is -0.675. The van der Waals surface area contributed by atoms with E-state index in [0.717, 1.165) is 17.8 Å². The highest BCUT2D eigenvalue weighted by Gasteiger charge is 2.44. The zero-order valence-electron chi connectivity index (χ0n) is 13.9. The minimum atomic E-state index is -4.66. The molecule has 2 aliphatic heterocycles. The van der Waals surface area contributed by atoms with Crippen LogP contribution in [-0.4, -0.2) is 40.0 Å². The number of hydrogen-bond acceptors (Lipinski definition) is 6. The first-order chi connectivity index (χ1) is 13.2. The van der Waals surface area contributed by atoms with Crippen molar-refractivity contribution in [3.05, 3.63) is 40.0 Å². The normalized spacial score (nSPS) is 24.6. The highest BCUT2D eigenvalue weighted by atomic mass is 35.5. The Hall–Kier alpha value is -1.39. The lowest BCUT2D eigenvalue weighted by molar-refractivity contribution is -0.151. The van der Waals surface area contributed by atoms with E-state index in [1.54, 1.807) is 0 Å². The maximum absolute atomic E-state index is 13.4. The number of ether oxygens (including phenoxy) is 2. The molecule has 3 unspecified atom stereocenters. The van der Waals surface area contributed by atoms with Gasteiger partial charge in [-0.3, -0.25) is 4.79 Å². The van der Waals surface area contributed by atoms with Crippen molar-refractivity contribution in [2.24, 2.45) is 0 Å². The van der Waals surface area contributed by atoms with Gasteiger partial charge in [0.2, 0.25) is 6.29 Å². The van der Waals surface area contributed by atoms with Gasteiger partial charge in [-0.1, -0.05) is 41.0 Å². The summed E-state index contributed by atoms with van der Waals surface area (Å²) in [6.45, 7) is 0.201. The number of Topliss-reactive ketones (excluding diaryl/α,β-unsaturated/α-hetero) is 1. The van der Waals surface area contributed by atoms with Crippen LogP contribution in [0.5, 0.6) is 0 Å². The number of aromatic nitrogens is 2. The van der Waals surface area contributed by atoms with Crippen molar-refractivity contribution in [3.63, 3.8) is 0 Å². The highest BCUT2D eigenvalue weighted by Crippen LogP contribution is 2.38. The number of hydrogen-bond donors (Lipinski definition) is 0. The van der Waals surface area contributed by atoms with Gasteiger partial charge in [-0.25, -0.2) is 9.97 Å². The number of fused-ring (bicyclic) bond motifs is 2. The number of thioether (sulfide) groups is 1. The molecule has 0 saturated carbocycles. The van der Waals surface area contributed by atoms with Gasteiger partial charge in [0.1, 0.15) is 5.69 Å². The van der Waals surface area contributed by atoms with Gasteiger partial charge in [0.25, 0.3) is 0 Å². The molecule has 28 heavy (non-hydrogen) atoms. The van der Waals surface area contributed by atoms with Crippen molar-refractivity contribution in [2.75, 3.05) is 6.61 Å². The number of carbonyl (C=O) groups is 1. The summed E-state index contributed by atoms with van der Waals surface area (Å²) < 4.78 is 50.7. The van der Waals surface area contributed by atoms with Crippen LogP contribution in [0.3, 0.4) is 0 Å². The topological polar surface area (TPSA) is 61.3 Å². The molecule has 3 heterocycles. The van der Waals surface area contributed by atoms with E-state index < -0.39 is 29.5 Å². The van der Waals surface area contributed by atoms with E-state index in [0.29, 0.717) is 5.56 Å². The van der Waals surface area contributed by atoms with Crippen LogP contribution in [0.1, 0.15) is 12.1 Å². The fourth-order valence-electron chi connectivity index (χ4n) is 2.89. The Morgan fingerprint density at radius 1 is 1.14 bits per heavy atom. The molecule has 148 valence electrons. The lowest BCUT2D eigenvalue weighted by atomic mass is 10.1. The Morgan fingerprint density at radius 2 is 1.93 bits per heavy atom. The quantitative estimate of drug-likeness (QED) is 0.634. The Balaban J connectivity index is 1.70. The van der Waals surface area contributed by atoms with E-state index in [2.05, 4.69) is 9.97 Å². The van der Waals surface area contributed by atoms with Crippen LogP contribution in [0.4, 0.5) is 13.2 Å². The molecule has 2 saturated heterocycles. The Morgan fingerprint density at radius 3 is 2.64 bits per heavy atom. The van der Waals surface area contributed by atoms with Crippen molar-refractivity contribution in [1.82, 2.24) is 9.97 Å². The van der Waals surface area contributed by atoms with E-state index in [1.807, 2.05) is 0 Å². The molecule has 4 rings (SSSR count). The lowest BCUT2D eigenvalue weighted by Crippen LogP contribution is -2.37. The molecular weight excluding hydrogens is 440 g/mol. The maximum Gasteiger partial charge on any atom is 0.433 e. The Labute approximate surface area is 171 Å². The van der Waals surface area contributed by atoms with Crippen molar-refractivity contribution < 1.29 is 27.4 Å². The SMILES string of the molecule is O=C1CC(Sc2nc(-c3ccc(Cl)c(Cl)c3)cc(C(F)(F)F)n2)C2COC1O2. The summed E-state index contributed by atoms with van der Waals surface area (Å²) in [7, 11) is 0. The summed E-state index contributed by atoms with van der Waals surface area (Å²) in [4.78, 5) is 19.8. The first kappa shape index (κ1) is 19.9. The molecule has 0 amide bonds. The first-order valence-electron chi connectivity index (χ1n) is 8.09.